The molecule has 236 valence electrons. The number of carbonyl (C=O) groups excluding carboxylic acids is 1. The molecule has 0 aromatic heterocycles. The average Bonchev–Trinajstić information content (AvgIpc) is 3.08. The summed E-state index contributed by atoms with van der Waals surface area (Å²) in [4.78, 5) is 23.5. The third kappa shape index (κ3) is 12.6. The molecule has 4 aromatic carbocycles. The van der Waals surface area contributed by atoms with Gasteiger partial charge in [0.2, 0.25) is 0 Å². The number of rotatable bonds is 21. The number of hydrogen-bond donors (Lipinski definition) is 0. The molecule has 0 aliphatic rings. The Morgan fingerprint density at radius 2 is 1.13 bits per heavy atom. The first kappa shape index (κ1) is 33.4. The Morgan fingerprint density at radius 3 is 1.71 bits per heavy atom. The van der Waals surface area contributed by atoms with Gasteiger partial charge in [0.1, 0.15) is 24.7 Å². The Kier molecular flexibility index (Phi) is 14.1. The summed E-state index contributed by atoms with van der Waals surface area (Å²) in [5.74, 6) is 1.35. The molecular weight excluding hydrogens is 566 g/mol. The summed E-state index contributed by atoms with van der Waals surface area (Å²) in [5.41, 5.74) is 3.98. The summed E-state index contributed by atoms with van der Waals surface area (Å²) in [6.45, 7) is 2.32. The van der Waals surface area contributed by atoms with E-state index in [9.17, 15) is 14.9 Å². The van der Waals surface area contributed by atoms with Gasteiger partial charge in [-0.25, -0.2) is 0 Å². The molecule has 0 amide bonds. The number of Topliss-reactive ketones (excluding diaryl/α,β-unsaturated/α-hetero) is 1. The number of carbonyl (C=O) groups is 1. The van der Waals surface area contributed by atoms with E-state index in [4.69, 9.17) is 14.2 Å². The fourth-order valence-electron chi connectivity index (χ4n) is 4.97. The van der Waals surface area contributed by atoms with Crippen molar-refractivity contribution in [3.8, 4) is 11.5 Å². The van der Waals surface area contributed by atoms with E-state index < -0.39 is 0 Å². The molecule has 45 heavy (non-hydrogen) atoms. The van der Waals surface area contributed by atoms with E-state index >= 15 is 0 Å². The van der Waals surface area contributed by atoms with Gasteiger partial charge in [-0.15, -0.1) is 0 Å². The molecule has 0 saturated carbocycles. The number of non-ortho nitro benzene ring substituents is 1. The van der Waals surface area contributed by atoms with Crippen LogP contribution in [0.3, 0.4) is 0 Å². The van der Waals surface area contributed by atoms with Crippen LogP contribution in [-0.4, -0.2) is 23.9 Å². The van der Waals surface area contributed by atoms with Gasteiger partial charge < -0.3 is 14.2 Å². The summed E-state index contributed by atoms with van der Waals surface area (Å²) >= 11 is 0. The number of unbranched alkanes of at least 4 members (excludes halogenated alkanes) is 5. The Labute approximate surface area is 266 Å². The van der Waals surface area contributed by atoms with Crippen LogP contribution in [0.2, 0.25) is 0 Å². The predicted molar refractivity (Wildman–Crippen MR) is 177 cm³/mol. The Bertz CT molecular complexity index is 1380. The van der Waals surface area contributed by atoms with E-state index in [1.807, 2.05) is 91.0 Å². The maximum atomic E-state index is 13.1. The SMILES string of the molecule is O=C(CCCCCCCOCCCCc1ccc([N+](=O)[O-])cc1)c1cc(OCc2ccccc2)cc(OCc2ccccc2)c1. The minimum atomic E-state index is -0.375. The van der Waals surface area contributed by atoms with E-state index in [1.165, 1.54) is 0 Å². The molecule has 4 aromatic rings. The fraction of sp³-hybridized carbons (Fsp3) is 0.342. The van der Waals surface area contributed by atoms with Crippen molar-refractivity contribution in [2.24, 2.45) is 0 Å². The van der Waals surface area contributed by atoms with Crippen molar-refractivity contribution in [3.63, 3.8) is 0 Å². The zero-order valence-corrected chi connectivity index (χ0v) is 25.9. The van der Waals surface area contributed by atoms with Crippen molar-refractivity contribution in [2.45, 2.75) is 71.0 Å². The zero-order chi connectivity index (χ0) is 31.5. The molecule has 0 saturated heterocycles. The molecule has 0 spiro atoms. The van der Waals surface area contributed by atoms with Gasteiger partial charge in [0.05, 0.1) is 4.92 Å². The normalized spacial score (nSPS) is 10.8. The lowest BCUT2D eigenvalue weighted by Crippen LogP contribution is -2.03. The monoisotopic (exact) mass is 609 g/mol. The van der Waals surface area contributed by atoms with Crippen LogP contribution >= 0.6 is 0 Å². The minimum absolute atomic E-state index is 0.0989. The van der Waals surface area contributed by atoms with Gasteiger partial charge in [-0.2, -0.15) is 0 Å². The predicted octanol–water partition coefficient (Wildman–Crippen LogP) is 9.32. The summed E-state index contributed by atoms with van der Waals surface area (Å²) < 4.78 is 17.9. The highest BCUT2D eigenvalue weighted by molar-refractivity contribution is 5.96. The van der Waals surface area contributed by atoms with Gasteiger partial charge >= 0.3 is 0 Å². The third-order valence-electron chi connectivity index (χ3n) is 7.54. The number of aryl methyl sites for hydroxylation is 1. The molecule has 7 nitrogen and oxygen atoms in total. The molecule has 0 N–H and O–H groups in total. The second-order valence-corrected chi connectivity index (χ2v) is 11.2. The van der Waals surface area contributed by atoms with Gasteiger partial charge in [0.25, 0.3) is 5.69 Å². The highest BCUT2D eigenvalue weighted by Crippen LogP contribution is 2.26. The second kappa shape index (κ2) is 19.0. The Hall–Kier alpha value is -4.49. The van der Waals surface area contributed by atoms with Crippen molar-refractivity contribution in [2.75, 3.05) is 13.2 Å². The van der Waals surface area contributed by atoms with Crippen molar-refractivity contribution in [3.05, 3.63) is 135 Å². The standard InChI is InChI=1S/C38H43NO6/c40-38(19-10-2-1-3-12-24-43-25-13-11-14-31-20-22-35(23-21-31)39(41)42)34-26-36(44-29-32-15-6-4-7-16-32)28-37(27-34)45-30-33-17-8-5-9-18-33/h4-9,15-18,20-23,26-28H,1-3,10-14,19,24-25,29-30H2. The van der Waals surface area contributed by atoms with Crippen LogP contribution < -0.4 is 9.47 Å². The van der Waals surface area contributed by atoms with Crippen LogP contribution in [0.15, 0.2) is 103 Å². The lowest BCUT2D eigenvalue weighted by Gasteiger charge is -2.13. The number of hydrogen-bond acceptors (Lipinski definition) is 6. The quantitative estimate of drug-likeness (QED) is 0.0405. The molecule has 0 bridgehead atoms. The molecule has 0 aliphatic heterocycles. The molecule has 0 atom stereocenters. The maximum Gasteiger partial charge on any atom is 0.269 e. The topological polar surface area (TPSA) is 87.9 Å². The maximum absolute atomic E-state index is 13.1. The second-order valence-electron chi connectivity index (χ2n) is 11.2. The zero-order valence-electron chi connectivity index (χ0n) is 25.9. The van der Waals surface area contributed by atoms with Crippen LogP contribution in [-0.2, 0) is 24.4 Å². The molecule has 0 fully saturated rings. The van der Waals surface area contributed by atoms with Gasteiger partial charge in [0.15, 0.2) is 5.78 Å². The summed E-state index contributed by atoms with van der Waals surface area (Å²) in [6.07, 6.45) is 8.36. The van der Waals surface area contributed by atoms with Crippen LogP contribution in [0.1, 0.15) is 78.4 Å². The molecule has 0 radical (unpaired) electrons. The number of ether oxygens (including phenoxy) is 3. The van der Waals surface area contributed by atoms with Crippen LogP contribution in [0.5, 0.6) is 11.5 Å². The Balaban J connectivity index is 1.11. The summed E-state index contributed by atoms with van der Waals surface area (Å²) in [5, 5.41) is 10.7. The lowest BCUT2D eigenvalue weighted by molar-refractivity contribution is -0.384. The largest absolute Gasteiger partial charge is 0.489 e. The van der Waals surface area contributed by atoms with Crippen molar-refractivity contribution in [1.82, 2.24) is 0 Å². The van der Waals surface area contributed by atoms with E-state index in [0.29, 0.717) is 36.7 Å². The third-order valence-corrected chi connectivity index (χ3v) is 7.54. The smallest absolute Gasteiger partial charge is 0.269 e. The van der Waals surface area contributed by atoms with E-state index in [0.717, 1.165) is 81.3 Å². The number of ketones is 1. The first-order valence-corrected chi connectivity index (χ1v) is 15.9. The van der Waals surface area contributed by atoms with Crippen molar-refractivity contribution < 1.29 is 23.9 Å². The number of nitro benzene ring substituents is 1. The van der Waals surface area contributed by atoms with Gasteiger partial charge in [-0.05, 0) is 60.9 Å². The van der Waals surface area contributed by atoms with Gasteiger partial charge in [-0.3, -0.25) is 14.9 Å². The van der Waals surface area contributed by atoms with E-state index in [1.54, 1.807) is 12.1 Å². The van der Waals surface area contributed by atoms with E-state index in [2.05, 4.69) is 0 Å². The molecule has 0 unspecified atom stereocenters. The fourth-order valence-corrected chi connectivity index (χ4v) is 4.97. The average molecular weight is 610 g/mol. The van der Waals surface area contributed by atoms with E-state index in [-0.39, 0.29) is 16.4 Å². The number of benzene rings is 4. The van der Waals surface area contributed by atoms with Gasteiger partial charge in [-0.1, -0.05) is 92.1 Å². The number of nitrogens with zero attached hydrogens (tertiary/aromatic N) is 1. The molecule has 0 heterocycles. The first-order chi connectivity index (χ1) is 22.1. The molecule has 0 aliphatic carbocycles. The first-order valence-electron chi connectivity index (χ1n) is 15.9. The lowest BCUT2D eigenvalue weighted by atomic mass is 10.0. The molecular formula is C38H43NO6. The highest BCUT2D eigenvalue weighted by atomic mass is 16.6. The summed E-state index contributed by atoms with van der Waals surface area (Å²) in [7, 11) is 0. The highest BCUT2D eigenvalue weighted by Gasteiger charge is 2.12. The van der Waals surface area contributed by atoms with Crippen LogP contribution in [0, 0.1) is 10.1 Å². The summed E-state index contributed by atoms with van der Waals surface area (Å²) in [6, 6.07) is 32.2. The molecule has 7 heteroatoms. The van der Waals surface area contributed by atoms with Crippen molar-refractivity contribution in [1.29, 1.82) is 0 Å². The number of nitro groups is 1. The van der Waals surface area contributed by atoms with Crippen LogP contribution in [0.25, 0.3) is 0 Å². The Morgan fingerprint density at radius 1 is 0.600 bits per heavy atom. The van der Waals surface area contributed by atoms with Gasteiger partial charge in [0, 0.05) is 43.4 Å². The van der Waals surface area contributed by atoms with Crippen LogP contribution in [0.4, 0.5) is 5.69 Å². The minimum Gasteiger partial charge on any atom is -0.489 e. The molecule has 4 rings (SSSR count). The van der Waals surface area contributed by atoms with Crippen molar-refractivity contribution >= 4 is 11.5 Å².